The number of amides is 2. The summed E-state index contributed by atoms with van der Waals surface area (Å²) < 4.78 is 0. The van der Waals surface area contributed by atoms with Crippen LogP contribution in [-0.2, 0) is 15.0 Å². The van der Waals surface area contributed by atoms with E-state index in [4.69, 9.17) is 0 Å². The molecule has 118 valence electrons. The second-order valence-corrected chi connectivity index (χ2v) is 6.52. The maximum Gasteiger partial charge on any atom is 0.226 e. The summed E-state index contributed by atoms with van der Waals surface area (Å²) in [6, 6.07) is 7.91. The zero-order valence-corrected chi connectivity index (χ0v) is 13.5. The highest BCUT2D eigenvalue weighted by Gasteiger charge is 2.16. The van der Waals surface area contributed by atoms with Crippen molar-refractivity contribution in [2.24, 2.45) is 0 Å². The van der Waals surface area contributed by atoms with E-state index in [1.807, 2.05) is 18.2 Å². The third kappa shape index (κ3) is 4.10. The molecule has 22 heavy (non-hydrogen) atoms. The first-order valence-electron chi connectivity index (χ1n) is 7.43. The average Bonchev–Trinajstić information content (AvgIpc) is 2.81. The molecule has 0 fully saturated rings. The van der Waals surface area contributed by atoms with Crippen LogP contribution in [0.1, 0.15) is 39.8 Å². The molecule has 2 aromatic rings. The van der Waals surface area contributed by atoms with Gasteiger partial charge in [0.1, 0.15) is 0 Å². The van der Waals surface area contributed by atoms with Gasteiger partial charge in [0.25, 0.3) is 0 Å². The number of rotatable bonds is 4. The molecule has 0 spiro atoms. The third-order valence-electron chi connectivity index (χ3n) is 3.44. The maximum absolute atomic E-state index is 11.8. The van der Waals surface area contributed by atoms with E-state index in [2.05, 4.69) is 42.5 Å². The van der Waals surface area contributed by atoms with E-state index in [1.165, 1.54) is 6.92 Å². The van der Waals surface area contributed by atoms with E-state index < -0.39 is 0 Å². The van der Waals surface area contributed by atoms with Gasteiger partial charge in [0, 0.05) is 47.6 Å². The lowest BCUT2D eigenvalue weighted by atomic mass is 9.92. The van der Waals surface area contributed by atoms with Crippen LogP contribution in [0.25, 0.3) is 10.9 Å². The number of carbonyl (C=O) groups is 2. The van der Waals surface area contributed by atoms with Crippen LogP contribution >= 0.6 is 0 Å². The number of anilines is 1. The number of nitrogens with one attached hydrogen (secondary N) is 3. The molecule has 0 saturated carbocycles. The quantitative estimate of drug-likeness (QED) is 0.812. The van der Waals surface area contributed by atoms with Gasteiger partial charge in [-0.15, -0.1) is 0 Å². The smallest absolute Gasteiger partial charge is 0.226 e. The molecule has 1 aromatic carbocycles. The monoisotopic (exact) mass is 301 g/mol. The van der Waals surface area contributed by atoms with E-state index in [0.717, 1.165) is 22.3 Å². The van der Waals surface area contributed by atoms with Crippen molar-refractivity contribution >= 4 is 28.4 Å². The molecule has 2 rings (SSSR count). The van der Waals surface area contributed by atoms with Crippen LogP contribution in [0.2, 0.25) is 0 Å². The number of benzene rings is 1. The first-order valence-corrected chi connectivity index (χ1v) is 7.43. The van der Waals surface area contributed by atoms with Crippen molar-refractivity contribution < 1.29 is 9.59 Å². The summed E-state index contributed by atoms with van der Waals surface area (Å²) in [5, 5.41) is 6.53. The van der Waals surface area contributed by atoms with Crippen molar-refractivity contribution in [1.29, 1.82) is 0 Å². The van der Waals surface area contributed by atoms with E-state index in [0.29, 0.717) is 6.54 Å². The van der Waals surface area contributed by atoms with Gasteiger partial charge >= 0.3 is 0 Å². The van der Waals surface area contributed by atoms with Crippen molar-refractivity contribution in [2.45, 2.75) is 39.5 Å². The zero-order valence-electron chi connectivity index (χ0n) is 13.5. The van der Waals surface area contributed by atoms with Gasteiger partial charge in [-0.3, -0.25) is 9.59 Å². The number of hydrogen-bond donors (Lipinski definition) is 3. The Morgan fingerprint density at radius 3 is 2.55 bits per heavy atom. The molecule has 1 aromatic heterocycles. The Morgan fingerprint density at radius 2 is 1.91 bits per heavy atom. The molecule has 2 amide bonds. The number of aromatic amines is 1. The number of carbonyl (C=O) groups excluding carboxylic acids is 2. The molecule has 0 bridgehead atoms. The summed E-state index contributed by atoms with van der Waals surface area (Å²) >= 11 is 0. The summed E-state index contributed by atoms with van der Waals surface area (Å²) in [5.74, 6) is -0.240. The van der Waals surface area contributed by atoms with Crippen molar-refractivity contribution in [3.8, 4) is 0 Å². The van der Waals surface area contributed by atoms with Gasteiger partial charge in [-0.05, 0) is 24.3 Å². The number of H-pyrrole nitrogens is 1. The van der Waals surface area contributed by atoms with Gasteiger partial charge in [-0.2, -0.15) is 0 Å². The molecule has 0 aliphatic carbocycles. The number of aromatic nitrogens is 1. The molecule has 0 aliphatic rings. The Kier molecular flexibility index (Phi) is 4.54. The van der Waals surface area contributed by atoms with E-state index >= 15 is 0 Å². The van der Waals surface area contributed by atoms with Crippen LogP contribution < -0.4 is 10.6 Å². The van der Waals surface area contributed by atoms with Gasteiger partial charge in [-0.25, -0.2) is 0 Å². The first-order chi connectivity index (χ1) is 10.3. The Balaban J connectivity index is 2.06. The molecule has 1 heterocycles. The second kappa shape index (κ2) is 6.22. The summed E-state index contributed by atoms with van der Waals surface area (Å²) in [4.78, 5) is 26.0. The Hall–Kier alpha value is -2.30. The van der Waals surface area contributed by atoms with Gasteiger partial charge in [0.05, 0.1) is 0 Å². The maximum atomic E-state index is 11.8. The van der Waals surface area contributed by atoms with E-state index in [9.17, 15) is 9.59 Å². The average molecular weight is 301 g/mol. The summed E-state index contributed by atoms with van der Waals surface area (Å²) in [5.41, 5.74) is 3.04. The minimum absolute atomic E-state index is 0.0563. The Labute approximate surface area is 130 Å². The molecule has 0 aliphatic heterocycles. The van der Waals surface area contributed by atoms with Gasteiger partial charge in [-0.1, -0.05) is 20.8 Å². The zero-order chi connectivity index (χ0) is 16.3. The highest BCUT2D eigenvalue weighted by atomic mass is 16.2. The Bertz CT molecular complexity index is 695. The molecular formula is C17H23N3O2. The van der Waals surface area contributed by atoms with Gasteiger partial charge < -0.3 is 15.6 Å². The molecule has 3 N–H and O–H groups in total. The van der Waals surface area contributed by atoms with Crippen molar-refractivity contribution in [2.75, 3.05) is 11.9 Å². The largest absolute Gasteiger partial charge is 0.358 e. The minimum Gasteiger partial charge on any atom is -0.358 e. The minimum atomic E-state index is -0.128. The fraction of sp³-hybridized carbons (Fsp3) is 0.412. The first kappa shape index (κ1) is 16.1. The topological polar surface area (TPSA) is 74.0 Å². The van der Waals surface area contributed by atoms with Crippen molar-refractivity contribution in [3.63, 3.8) is 0 Å². The van der Waals surface area contributed by atoms with Crippen molar-refractivity contribution in [3.05, 3.63) is 30.0 Å². The van der Waals surface area contributed by atoms with Crippen LogP contribution in [0.15, 0.2) is 24.3 Å². The summed E-state index contributed by atoms with van der Waals surface area (Å²) in [6.45, 7) is 8.25. The van der Waals surface area contributed by atoms with E-state index in [-0.39, 0.29) is 23.7 Å². The normalized spacial score (nSPS) is 11.5. The fourth-order valence-electron chi connectivity index (χ4n) is 2.19. The Morgan fingerprint density at radius 1 is 1.18 bits per heavy atom. The SMILES string of the molecule is CC(=O)NCCC(=O)Nc1ccc2[nH]c(C(C)(C)C)cc2c1. The second-order valence-electron chi connectivity index (χ2n) is 6.52. The van der Waals surface area contributed by atoms with Crippen LogP contribution in [0, 0.1) is 0 Å². The highest BCUT2D eigenvalue weighted by molar-refractivity contribution is 5.94. The lowest BCUT2D eigenvalue weighted by molar-refractivity contribution is -0.119. The standard InChI is InChI=1S/C17H23N3O2/c1-11(21)18-8-7-16(22)19-13-5-6-14-12(9-13)10-15(20-14)17(2,3)4/h5-6,9-10,20H,7-8H2,1-4H3,(H,18,21)(H,19,22). The van der Waals surface area contributed by atoms with Crippen LogP contribution in [0.4, 0.5) is 5.69 Å². The third-order valence-corrected chi connectivity index (χ3v) is 3.44. The van der Waals surface area contributed by atoms with Crippen LogP contribution in [-0.4, -0.2) is 23.3 Å². The van der Waals surface area contributed by atoms with Crippen LogP contribution in [0.5, 0.6) is 0 Å². The van der Waals surface area contributed by atoms with Gasteiger partial charge in [0.15, 0.2) is 0 Å². The highest BCUT2D eigenvalue weighted by Crippen LogP contribution is 2.27. The molecule has 5 nitrogen and oxygen atoms in total. The molecule has 0 radical (unpaired) electrons. The molecule has 0 unspecified atom stereocenters. The number of fused-ring (bicyclic) bond motifs is 1. The van der Waals surface area contributed by atoms with Gasteiger partial charge in [0.2, 0.25) is 11.8 Å². The fourth-order valence-corrected chi connectivity index (χ4v) is 2.19. The summed E-state index contributed by atoms with van der Waals surface area (Å²) in [6.07, 6.45) is 0.262. The predicted molar refractivity (Wildman–Crippen MR) is 88.9 cm³/mol. The molecule has 0 saturated heterocycles. The lowest BCUT2D eigenvalue weighted by Gasteiger charge is -2.15. The van der Waals surface area contributed by atoms with Crippen LogP contribution in [0.3, 0.4) is 0 Å². The molecule has 5 heteroatoms. The molecule has 0 atom stereocenters. The number of hydrogen-bond acceptors (Lipinski definition) is 2. The van der Waals surface area contributed by atoms with E-state index in [1.54, 1.807) is 0 Å². The lowest BCUT2D eigenvalue weighted by Crippen LogP contribution is -2.25. The predicted octanol–water partition coefficient (Wildman–Crippen LogP) is 2.93. The molecular weight excluding hydrogens is 278 g/mol. The summed E-state index contributed by atoms with van der Waals surface area (Å²) in [7, 11) is 0. The van der Waals surface area contributed by atoms with Crippen molar-refractivity contribution in [1.82, 2.24) is 10.3 Å².